The van der Waals surface area contributed by atoms with E-state index >= 15 is 0 Å². The summed E-state index contributed by atoms with van der Waals surface area (Å²) in [4.78, 5) is 14.1. The van der Waals surface area contributed by atoms with Crippen molar-refractivity contribution in [3.05, 3.63) is 63.6 Å². The highest BCUT2D eigenvalue weighted by Gasteiger charge is 2.21. The van der Waals surface area contributed by atoms with Crippen molar-refractivity contribution in [2.24, 2.45) is 0 Å². The Bertz CT molecular complexity index is 774. The molecular formula is C16H15FN4O3. The van der Waals surface area contributed by atoms with Gasteiger partial charge in [-0.05, 0) is 24.6 Å². The summed E-state index contributed by atoms with van der Waals surface area (Å²) in [7, 11) is 1.51. The van der Waals surface area contributed by atoms with Gasteiger partial charge in [0.15, 0.2) is 0 Å². The van der Waals surface area contributed by atoms with Gasteiger partial charge >= 0.3 is 0 Å². The minimum atomic E-state index is -0.614. The van der Waals surface area contributed by atoms with E-state index in [1.165, 1.54) is 19.2 Å². The van der Waals surface area contributed by atoms with Gasteiger partial charge in [-0.2, -0.15) is 5.26 Å². The van der Waals surface area contributed by atoms with Crippen LogP contribution in [0.25, 0.3) is 0 Å². The molecule has 0 saturated heterocycles. The van der Waals surface area contributed by atoms with E-state index in [0.717, 1.165) is 17.8 Å². The summed E-state index contributed by atoms with van der Waals surface area (Å²) in [5, 5.41) is 22.9. The summed E-state index contributed by atoms with van der Waals surface area (Å²) in [5.74, 6) is -0.127. The normalized spacial score (nSPS) is 12.9. The summed E-state index contributed by atoms with van der Waals surface area (Å²) >= 11 is 0. The number of nitriles is 1. The quantitative estimate of drug-likeness (QED) is 0.645. The first-order valence-corrected chi connectivity index (χ1v) is 7.05. The molecule has 0 bridgehead atoms. The number of nitrogens with one attached hydrogen (secondary N) is 1. The molecule has 0 saturated carbocycles. The Morgan fingerprint density at radius 2 is 2.08 bits per heavy atom. The number of hydrogen-bond acceptors (Lipinski definition) is 6. The minimum Gasteiger partial charge on any atom is -0.375 e. The summed E-state index contributed by atoms with van der Waals surface area (Å²) < 4.78 is 18.5. The smallest absolute Gasteiger partial charge is 0.289 e. The van der Waals surface area contributed by atoms with Gasteiger partial charge in [-0.1, -0.05) is 12.1 Å². The van der Waals surface area contributed by atoms with E-state index in [9.17, 15) is 14.5 Å². The van der Waals surface area contributed by atoms with Crippen LogP contribution < -0.4 is 5.32 Å². The number of nitro groups is 1. The van der Waals surface area contributed by atoms with Crippen LogP contribution in [0.3, 0.4) is 0 Å². The zero-order valence-electron chi connectivity index (χ0n) is 13.1. The fourth-order valence-electron chi connectivity index (χ4n) is 2.33. The third-order valence-electron chi connectivity index (χ3n) is 3.48. The molecule has 8 heteroatoms. The van der Waals surface area contributed by atoms with Gasteiger partial charge in [0, 0.05) is 13.2 Å². The SMILES string of the molecule is CO[C@H](c1ccc(F)cc1)[C@H](C)Nc1ncc([N+](=O)[O-])cc1C#N. The summed E-state index contributed by atoms with van der Waals surface area (Å²) in [6, 6.07) is 8.60. The van der Waals surface area contributed by atoms with Gasteiger partial charge in [-0.15, -0.1) is 0 Å². The highest BCUT2D eigenvalue weighted by molar-refractivity contribution is 5.56. The van der Waals surface area contributed by atoms with Crippen LogP contribution in [0, 0.1) is 27.3 Å². The third-order valence-corrected chi connectivity index (χ3v) is 3.48. The Labute approximate surface area is 137 Å². The van der Waals surface area contributed by atoms with Crippen molar-refractivity contribution < 1.29 is 14.1 Å². The molecule has 0 unspecified atom stereocenters. The zero-order valence-corrected chi connectivity index (χ0v) is 13.1. The molecule has 0 spiro atoms. The number of aromatic nitrogens is 1. The van der Waals surface area contributed by atoms with Crippen molar-refractivity contribution in [3.8, 4) is 6.07 Å². The van der Waals surface area contributed by atoms with Crippen molar-refractivity contribution in [3.63, 3.8) is 0 Å². The lowest BCUT2D eigenvalue weighted by molar-refractivity contribution is -0.385. The number of ether oxygens (including phenoxy) is 1. The first-order chi connectivity index (χ1) is 11.5. The predicted molar refractivity (Wildman–Crippen MR) is 84.8 cm³/mol. The molecule has 0 fully saturated rings. The number of pyridine rings is 1. The Kier molecular flexibility index (Phi) is 5.39. The van der Waals surface area contributed by atoms with Gasteiger partial charge < -0.3 is 10.1 Å². The van der Waals surface area contributed by atoms with Crippen LogP contribution in [-0.2, 0) is 4.74 Å². The first-order valence-electron chi connectivity index (χ1n) is 7.05. The average Bonchev–Trinajstić information content (AvgIpc) is 2.57. The molecule has 0 aliphatic rings. The number of anilines is 1. The predicted octanol–water partition coefficient (Wildman–Crippen LogP) is 3.19. The topological polar surface area (TPSA) is 101 Å². The monoisotopic (exact) mass is 330 g/mol. The molecule has 2 rings (SSSR count). The molecule has 0 radical (unpaired) electrons. The van der Waals surface area contributed by atoms with Crippen LogP contribution in [0.2, 0.25) is 0 Å². The molecule has 7 nitrogen and oxygen atoms in total. The number of nitrogens with zero attached hydrogens (tertiary/aromatic N) is 3. The largest absolute Gasteiger partial charge is 0.375 e. The van der Waals surface area contributed by atoms with E-state index in [0.29, 0.717) is 0 Å². The van der Waals surface area contributed by atoms with E-state index < -0.39 is 11.0 Å². The van der Waals surface area contributed by atoms with Crippen LogP contribution >= 0.6 is 0 Å². The minimum absolute atomic E-state index is 0.0602. The molecule has 2 aromatic rings. The molecule has 1 aromatic carbocycles. The van der Waals surface area contributed by atoms with Crippen molar-refractivity contribution in [1.29, 1.82) is 5.26 Å². The second-order valence-corrected chi connectivity index (χ2v) is 5.10. The summed E-state index contributed by atoms with van der Waals surface area (Å²) in [5.41, 5.74) is 0.552. The van der Waals surface area contributed by atoms with Crippen LogP contribution in [0.5, 0.6) is 0 Å². The van der Waals surface area contributed by atoms with Gasteiger partial charge in [0.05, 0.1) is 11.0 Å². The highest BCUT2D eigenvalue weighted by atomic mass is 19.1. The Balaban J connectivity index is 2.24. The number of rotatable bonds is 6. The molecule has 24 heavy (non-hydrogen) atoms. The van der Waals surface area contributed by atoms with Crippen LogP contribution in [-0.4, -0.2) is 23.1 Å². The molecule has 0 aliphatic heterocycles. The van der Waals surface area contributed by atoms with Crippen LogP contribution in [0.1, 0.15) is 24.2 Å². The van der Waals surface area contributed by atoms with Crippen LogP contribution in [0.4, 0.5) is 15.9 Å². The third kappa shape index (κ3) is 3.83. The second-order valence-electron chi connectivity index (χ2n) is 5.10. The van der Waals surface area contributed by atoms with Crippen molar-refractivity contribution in [2.45, 2.75) is 19.1 Å². The van der Waals surface area contributed by atoms with Gasteiger partial charge in [-0.3, -0.25) is 10.1 Å². The molecule has 1 heterocycles. The van der Waals surface area contributed by atoms with Crippen molar-refractivity contribution in [2.75, 3.05) is 12.4 Å². The van der Waals surface area contributed by atoms with Crippen LogP contribution in [0.15, 0.2) is 36.5 Å². The lowest BCUT2D eigenvalue weighted by Gasteiger charge is -2.24. The Hall–Kier alpha value is -3.05. The lowest BCUT2D eigenvalue weighted by atomic mass is 10.0. The first kappa shape index (κ1) is 17.3. The van der Waals surface area contributed by atoms with E-state index in [1.54, 1.807) is 12.1 Å². The van der Waals surface area contributed by atoms with E-state index in [-0.39, 0.29) is 28.9 Å². The Morgan fingerprint density at radius 3 is 2.62 bits per heavy atom. The maximum Gasteiger partial charge on any atom is 0.289 e. The number of methoxy groups -OCH3 is 1. The van der Waals surface area contributed by atoms with E-state index in [1.807, 2.05) is 13.0 Å². The van der Waals surface area contributed by atoms with Crippen molar-refractivity contribution in [1.82, 2.24) is 4.98 Å². The van der Waals surface area contributed by atoms with Gasteiger partial charge in [-0.25, -0.2) is 9.37 Å². The fourth-order valence-corrected chi connectivity index (χ4v) is 2.33. The molecule has 0 aliphatic carbocycles. The molecular weight excluding hydrogens is 315 g/mol. The number of halogens is 1. The Morgan fingerprint density at radius 1 is 1.42 bits per heavy atom. The van der Waals surface area contributed by atoms with Gasteiger partial charge in [0.1, 0.15) is 35.6 Å². The fraction of sp³-hybridized carbons (Fsp3) is 0.250. The molecule has 1 N–H and O–H groups in total. The van der Waals surface area contributed by atoms with E-state index in [2.05, 4.69) is 10.3 Å². The maximum absolute atomic E-state index is 13.0. The van der Waals surface area contributed by atoms with Gasteiger partial charge in [0.25, 0.3) is 5.69 Å². The zero-order chi connectivity index (χ0) is 17.7. The molecule has 2 atom stereocenters. The maximum atomic E-state index is 13.0. The number of hydrogen-bond donors (Lipinski definition) is 1. The molecule has 124 valence electrons. The molecule has 0 amide bonds. The summed E-state index contributed by atoms with van der Waals surface area (Å²) in [6.45, 7) is 1.81. The number of benzene rings is 1. The van der Waals surface area contributed by atoms with Crippen molar-refractivity contribution >= 4 is 11.5 Å². The lowest BCUT2D eigenvalue weighted by Crippen LogP contribution is -2.26. The second kappa shape index (κ2) is 7.48. The summed E-state index contributed by atoms with van der Waals surface area (Å²) in [6.07, 6.45) is 0.657. The standard InChI is InChI=1S/C16H15FN4O3/c1-10(15(24-2)11-3-5-13(17)6-4-11)20-16-12(8-18)7-14(9-19-16)21(22)23/h3-7,9-10,15H,1-2H3,(H,19,20)/t10-,15-/m0/s1. The van der Waals surface area contributed by atoms with Gasteiger partial charge in [0.2, 0.25) is 0 Å². The average molecular weight is 330 g/mol. The van der Waals surface area contributed by atoms with E-state index in [4.69, 9.17) is 10.00 Å². The highest BCUT2D eigenvalue weighted by Crippen LogP contribution is 2.25. The molecule has 1 aromatic heterocycles.